The molecular formula is C15H19BrN4O. The van der Waals surface area contributed by atoms with Crippen LogP contribution in [0, 0.1) is 12.3 Å². The molecule has 0 aliphatic heterocycles. The molecule has 0 unspecified atom stereocenters. The van der Waals surface area contributed by atoms with Gasteiger partial charge in [0.05, 0.1) is 5.69 Å². The number of nitrogens with one attached hydrogen (secondary N) is 1. The molecule has 0 saturated carbocycles. The second-order valence-corrected chi connectivity index (χ2v) is 6.16. The monoisotopic (exact) mass is 350 g/mol. The maximum absolute atomic E-state index is 7.71. The lowest BCUT2D eigenvalue weighted by Gasteiger charge is -2.15. The van der Waals surface area contributed by atoms with E-state index in [0.717, 1.165) is 15.8 Å². The quantitative estimate of drug-likeness (QED) is 0.651. The Kier molecular flexibility index (Phi) is 4.37. The Morgan fingerprint density at radius 3 is 2.67 bits per heavy atom. The smallest absolute Gasteiger partial charge is 0.228 e. The van der Waals surface area contributed by atoms with Gasteiger partial charge in [0, 0.05) is 11.5 Å². The third-order valence-electron chi connectivity index (χ3n) is 3.24. The van der Waals surface area contributed by atoms with Crippen molar-refractivity contribution in [3.05, 3.63) is 39.5 Å². The second-order valence-electron chi connectivity index (χ2n) is 5.24. The molecule has 1 heterocycles. The van der Waals surface area contributed by atoms with Crippen LogP contribution in [0.15, 0.2) is 22.7 Å². The molecule has 5 nitrogen and oxygen atoms in total. The van der Waals surface area contributed by atoms with Crippen molar-refractivity contribution < 1.29 is 4.74 Å². The van der Waals surface area contributed by atoms with Gasteiger partial charge in [-0.15, -0.1) is 0 Å². The normalized spacial score (nSPS) is 11.0. The van der Waals surface area contributed by atoms with Crippen LogP contribution in [0.1, 0.15) is 36.6 Å². The van der Waals surface area contributed by atoms with Crippen LogP contribution in [0.25, 0.3) is 0 Å². The molecule has 0 bridgehead atoms. The van der Waals surface area contributed by atoms with E-state index in [4.69, 9.17) is 15.9 Å². The van der Waals surface area contributed by atoms with Gasteiger partial charge in [0.25, 0.3) is 0 Å². The molecule has 2 aromatic rings. The maximum atomic E-state index is 7.71. The third-order valence-corrected chi connectivity index (χ3v) is 3.73. The summed E-state index contributed by atoms with van der Waals surface area (Å²) in [5.41, 5.74) is 7.95. The van der Waals surface area contributed by atoms with E-state index < -0.39 is 0 Å². The highest BCUT2D eigenvalue weighted by atomic mass is 79.9. The van der Waals surface area contributed by atoms with Crippen LogP contribution in [-0.4, -0.2) is 15.6 Å². The summed E-state index contributed by atoms with van der Waals surface area (Å²) in [6.45, 7) is 6.03. The molecule has 1 aromatic carbocycles. The summed E-state index contributed by atoms with van der Waals surface area (Å²) in [4.78, 5) is 0. The van der Waals surface area contributed by atoms with Crippen LogP contribution < -0.4 is 10.5 Å². The molecule has 0 aliphatic rings. The molecule has 0 atom stereocenters. The van der Waals surface area contributed by atoms with Gasteiger partial charge in [-0.05, 0) is 36.6 Å². The maximum Gasteiger partial charge on any atom is 0.228 e. The van der Waals surface area contributed by atoms with Crippen LogP contribution in [0.5, 0.6) is 11.6 Å². The number of nitrogen functional groups attached to an aromatic ring is 1. The molecule has 1 aromatic heterocycles. The van der Waals surface area contributed by atoms with Gasteiger partial charge >= 0.3 is 0 Å². The van der Waals surface area contributed by atoms with E-state index in [2.05, 4.69) is 34.9 Å². The molecule has 0 saturated heterocycles. The fourth-order valence-corrected chi connectivity index (χ4v) is 2.61. The van der Waals surface area contributed by atoms with E-state index in [1.165, 1.54) is 0 Å². The van der Waals surface area contributed by atoms with Gasteiger partial charge in [0.2, 0.25) is 5.88 Å². The Bertz CT molecular complexity index is 691. The minimum Gasteiger partial charge on any atom is -0.438 e. The van der Waals surface area contributed by atoms with E-state index in [0.29, 0.717) is 23.1 Å². The van der Waals surface area contributed by atoms with Crippen LogP contribution in [0.2, 0.25) is 0 Å². The number of ether oxygens (including phenoxy) is 1. The summed E-state index contributed by atoms with van der Waals surface area (Å²) in [7, 11) is 1.78. The topological polar surface area (TPSA) is 76.9 Å². The SMILES string of the molecule is Cc1nn(C)c(Oc2ccc(Br)cc2C(C)C)c1C(=N)N. The number of aryl methyl sites for hydroxylation is 2. The summed E-state index contributed by atoms with van der Waals surface area (Å²) in [6, 6.07) is 5.88. The summed E-state index contributed by atoms with van der Waals surface area (Å²) in [5.74, 6) is 1.51. The van der Waals surface area contributed by atoms with E-state index >= 15 is 0 Å². The molecule has 2 rings (SSSR count). The van der Waals surface area contributed by atoms with Gasteiger partial charge in [0.15, 0.2) is 0 Å². The molecule has 0 fully saturated rings. The number of rotatable bonds is 4. The number of hydrogen-bond donors (Lipinski definition) is 2. The predicted octanol–water partition coefficient (Wildman–Crippen LogP) is 3.69. The first-order chi connectivity index (χ1) is 9.81. The van der Waals surface area contributed by atoms with Gasteiger partial charge in [-0.2, -0.15) is 5.10 Å². The van der Waals surface area contributed by atoms with Gasteiger partial charge in [0.1, 0.15) is 17.1 Å². The molecule has 3 N–H and O–H groups in total. The van der Waals surface area contributed by atoms with Crippen molar-refractivity contribution in [3.63, 3.8) is 0 Å². The highest BCUT2D eigenvalue weighted by Crippen LogP contribution is 2.34. The first kappa shape index (κ1) is 15.6. The molecule has 0 aliphatic carbocycles. The Morgan fingerprint density at radius 1 is 1.43 bits per heavy atom. The van der Waals surface area contributed by atoms with E-state index in [-0.39, 0.29) is 5.84 Å². The van der Waals surface area contributed by atoms with Crippen molar-refractivity contribution in [2.45, 2.75) is 26.7 Å². The van der Waals surface area contributed by atoms with Crippen molar-refractivity contribution >= 4 is 21.8 Å². The number of benzene rings is 1. The summed E-state index contributed by atoms with van der Waals surface area (Å²) < 4.78 is 8.64. The zero-order chi connectivity index (χ0) is 15.7. The minimum absolute atomic E-state index is 0.0428. The lowest BCUT2D eigenvalue weighted by atomic mass is 10.0. The fourth-order valence-electron chi connectivity index (χ4n) is 2.23. The first-order valence-corrected chi connectivity index (χ1v) is 7.45. The summed E-state index contributed by atoms with van der Waals surface area (Å²) in [5, 5.41) is 12.0. The number of halogens is 1. The Hall–Kier alpha value is -1.82. The lowest BCUT2D eigenvalue weighted by Crippen LogP contribution is -2.13. The second kappa shape index (κ2) is 5.89. The van der Waals surface area contributed by atoms with Gasteiger partial charge < -0.3 is 10.5 Å². The predicted molar refractivity (Wildman–Crippen MR) is 87.3 cm³/mol. The molecule has 112 valence electrons. The number of nitrogens with zero attached hydrogens (tertiary/aromatic N) is 2. The Balaban J connectivity index is 2.51. The van der Waals surface area contributed by atoms with Crippen molar-refractivity contribution in [3.8, 4) is 11.6 Å². The number of aromatic nitrogens is 2. The molecular weight excluding hydrogens is 332 g/mol. The number of nitrogens with two attached hydrogens (primary N) is 1. The fraction of sp³-hybridized carbons (Fsp3) is 0.333. The third kappa shape index (κ3) is 3.10. The standard InChI is InChI=1S/C15H19BrN4O/c1-8(2)11-7-10(16)5-6-12(11)21-15-13(14(17)18)9(3)19-20(15)4/h5-8H,1-4H3,(H3,17,18). The highest BCUT2D eigenvalue weighted by Gasteiger charge is 2.19. The van der Waals surface area contributed by atoms with Crippen molar-refractivity contribution in [2.75, 3.05) is 0 Å². The van der Waals surface area contributed by atoms with Crippen LogP contribution in [0.4, 0.5) is 0 Å². The largest absolute Gasteiger partial charge is 0.438 e. The van der Waals surface area contributed by atoms with Gasteiger partial charge in [-0.25, -0.2) is 4.68 Å². The van der Waals surface area contributed by atoms with Crippen LogP contribution >= 0.6 is 15.9 Å². The van der Waals surface area contributed by atoms with Crippen molar-refractivity contribution in [1.82, 2.24) is 9.78 Å². The number of amidine groups is 1. The van der Waals surface area contributed by atoms with Crippen molar-refractivity contribution in [1.29, 1.82) is 5.41 Å². The van der Waals surface area contributed by atoms with Crippen LogP contribution in [-0.2, 0) is 7.05 Å². The Labute approximate surface area is 132 Å². The van der Waals surface area contributed by atoms with Crippen LogP contribution in [0.3, 0.4) is 0 Å². The van der Waals surface area contributed by atoms with Crippen molar-refractivity contribution in [2.24, 2.45) is 12.8 Å². The van der Waals surface area contributed by atoms with E-state index in [1.54, 1.807) is 11.7 Å². The average Bonchev–Trinajstić information content (AvgIpc) is 2.66. The van der Waals surface area contributed by atoms with Gasteiger partial charge in [-0.3, -0.25) is 5.41 Å². The highest BCUT2D eigenvalue weighted by molar-refractivity contribution is 9.10. The molecule has 21 heavy (non-hydrogen) atoms. The Morgan fingerprint density at radius 2 is 2.10 bits per heavy atom. The zero-order valence-corrected chi connectivity index (χ0v) is 14.2. The molecule has 0 radical (unpaired) electrons. The summed E-state index contributed by atoms with van der Waals surface area (Å²) >= 11 is 3.48. The minimum atomic E-state index is -0.0428. The first-order valence-electron chi connectivity index (χ1n) is 6.66. The molecule has 0 amide bonds. The average molecular weight is 351 g/mol. The molecule has 0 spiro atoms. The number of hydrogen-bond acceptors (Lipinski definition) is 3. The lowest BCUT2D eigenvalue weighted by molar-refractivity contribution is 0.423. The summed E-state index contributed by atoms with van der Waals surface area (Å²) in [6.07, 6.45) is 0. The van der Waals surface area contributed by atoms with E-state index in [1.807, 2.05) is 25.1 Å². The van der Waals surface area contributed by atoms with E-state index in [9.17, 15) is 0 Å². The zero-order valence-electron chi connectivity index (χ0n) is 12.6. The van der Waals surface area contributed by atoms with Gasteiger partial charge in [-0.1, -0.05) is 29.8 Å². The molecule has 6 heteroatoms.